The summed E-state index contributed by atoms with van der Waals surface area (Å²) in [6, 6.07) is 7.95. The van der Waals surface area contributed by atoms with E-state index in [1.54, 1.807) is 6.33 Å². The number of anilines is 1. The number of aromatic nitrogens is 2. The molecule has 4 rings (SSSR count). The van der Waals surface area contributed by atoms with E-state index >= 15 is 0 Å². The van der Waals surface area contributed by atoms with Crippen LogP contribution in [0.2, 0.25) is 5.02 Å². The van der Waals surface area contributed by atoms with Gasteiger partial charge in [-0.15, -0.1) is 0 Å². The first-order chi connectivity index (χ1) is 16.5. The zero-order chi connectivity index (χ0) is 24.2. The Bertz CT molecular complexity index is 960. The molecule has 1 aliphatic heterocycles. The van der Waals surface area contributed by atoms with Crippen LogP contribution >= 0.6 is 11.6 Å². The minimum absolute atomic E-state index is 0.0948. The Morgan fingerprint density at radius 1 is 1.15 bits per heavy atom. The van der Waals surface area contributed by atoms with E-state index in [9.17, 15) is 9.90 Å². The summed E-state index contributed by atoms with van der Waals surface area (Å²) in [5.74, 6) is 0.901. The molecule has 2 N–H and O–H groups in total. The van der Waals surface area contributed by atoms with Crippen molar-refractivity contribution in [1.29, 1.82) is 0 Å². The van der Waals surface area contributed by atoms with E-state index in [4.69, 9.17) is 11.6 Å². The minimum Gasteiger partial charge on any atom is -0.387 e. The highest BCUT2D eigenvalue weighted by atomic mass is 35.5. The van der Waals surface area contributed by atoms with Crippen LogP contribution in [0.5, 0.6) is 0 Å². The zero-order valence-electron chi connectivity index (χ0n) is 20.3. The summed E-state index contributed by atoms with van der Waals surface area (Å²) in [5.41, 5.74) is 2.83. The first kappa shape index (κ1) is 25.0. The van der Waals surface area contributed by atoms with Crippen LogP contribution in [0.4, 0.5) is 5.82 Å². The monoisotopic (exact) mass is 485 g/mol. The first-order valence-corrected chi connectivity index (χ1v) is 12.8. The van der Waals surface area contributed by atoms with Gasteiger partial charge >= 0.3 is 0 Å². The number of hydrogen-bond donors (Lipinski definition) is 2. The molecular formula is C26H36ClN5O2. The van der Waals surface area contributed by atoms with Gasteiger partial charge in [0, 0.05) is 42.8 Å². The maximum atomic E-state index is 12.4. The van der Waals surface area contributed by atoms with Crippen molar-refractivity contribution < 1.29 is 9.90 Å². The number of carbonyl (C=O) groups excluding carboxylic acids is 1. The summed E-state index contributed by atoms with van der Waals surface area (Å²) in [4.78, 5) is 26.0. The highest BCUT2D eigenvalue weighted by Crippen LogP contribution is 2.42. The molecule has 1 fully saturated rings. The lowest BCUT2D eigenvalue weighted by atomic mass is 9.94. The third-order valence-corrected chi connectivity index (χ3v) is 7.67. The van der Waals surface area contributed by atoms with Crippen molar-refractivity contribution in [2.75, 3.05) is 31.1 Å². The summed E-state index contributed by atoms with van der Waals surface area (Å²) in [6.45, 7) is 9.73. The number of benzene rings is 1. The number of aliphatic hydroxyl groups excluding tert-OH is 1. The number of piperazine rings is 1. The first-order valence-electron chi connectivity index (χ1n) is 12.4. The largest absolute Gasteiger partial charge is 0.387 e. The average Bonchev–Trinajstić information content (AvgIpc) is 3.16. The fourth-order valence-corrected chi connectivity index (χ4v) is 5.51. The van der Waals surface area contributed by atoms with Crippen LogP contribution in [-0.2, 0) is 4.79 Å². The summed E-state index contributed by atoms with van der Waals surface area (Å²) in [6.07, 6.45) is 4.75. The van der Waals surface area contributed by atoms with Crippen molar-refractivity contribution in [3.8, 4) is 0 Å². The third-order valence-electron chi connectivity index (χ3n) is 7.42. The topological polar surface area (TPSA) is 81.6 Å². The maximum absolute atomic E-state index is 12.4. The molecule has 1 aromatic heterocycles. The molecule has 34 heavy (non-hydrogen) atoms. The third kappa shape index (κ3) is 5.13. The van der Waals surface area contributed by atoms with Crippen LogP contribution < -0.4 is 10.2 Å². The number of fused-ring (bicyclic) bond motifs is 1. The van der Waals surface area contributed by atoms with Crippen LogP contribution in [0.25, 0.3) is 0 Å². The van der Waals surface area contributed by atoms with Gasteiger partial charge in [-0.1, -0.05) is 44.5 Å². The number of nitrogens with zero attached hydrogens (tertiary/aromatic N) is 4. The predicted octanol–water partition coefficient (Wildman–Crippen LogP) is 3.88. The molecule has 2 aliphatic rings. The van der Waals surface area contributed by atoms with Crippen LogP contribution in [0.3, 0.4) is 0 Å². The second kappa shape index (κ2) is 11.1. The SMILES string of the molecule is CCC(CC)NC(C(C=O)c1ccc(Cl)cc1)N1CCN(c2ncnc3c2[C@H](C)C[C@H]3O)CC1. The van der Waals surface area contributed by atoms with E-state index < -0.39 is 6.10 Å². The lowest BCUT2D eigenvalue weighted by molar-refractivity contribution is -0.111. The van der Waals surface area contributed by atoms with Crippen molar-refractivity contribution in [1.82, 2.24) is 20.2 Å². The van der Waals surface area contributed by atoms with E-state index in [0.29, 0.717) is 17.5 Å². The van der Waals surface area contributed by atoms with Crippen LogP contribution in [0, 0.1) is 0 Å². The molecule has 1 aromatic carbocycles. The van der Waals surface area contributed by atoms with Gasteiger partial charge in [-0.25, -0.2) is 9.97 Å². The standard InChI is InChI=1S/C26H36ClN5O2/c1-4-20(5-2)30-25(21(15-33)18-6-8-19(27)9-7-18)31-10-12-32(13-11-31)26-23-17(3)14-22(34)24(23)28-16-29-26/h6-9,15-17,20-22,25,30,34H,4-5,10-14H2,1-3H3/t17-,21?,22-,25?/m1/s1. The molecule has 184 valence electrons. The molecule has 0 amide bonds. The molecule has 1 aliphatic carbocycles. The molecule has 4 atom stereocenters. The molecule has 8 heteroatoms. The molecule has 2 heterocycles. The van der Waals surface area contributed by atoms with Crippen molar-refractivity contribution in [2.24, 2.45) is 0 Å². The normalized spacial score (nSPS) is 22.6. The lowest BCUT2D eigenvalue weighted by Gasteiger charge is -2.43. The Kier molecular flexibility index (Phi) is 8.19. The molecular weight excluding hydrogens is 450 g/mol. The highest BCUT2D eigenvalue weighted by Gasteiger charge is 2.36. The van der Waals surface area contributed by atoms with Crippen molar-refractivity contribution in [2.45, 2.75) is 70.2 Å². The lowest BCUT2D eigenvalue weighted by Crippen LogP contribution is -2.59. The van der Waals surface area contributed by atoms with Crippen LogP contribution in [0.1, 0.15) is 74.8 Å². The summed E-state index contributed by atoms with van der Waals surface area (Å²) >= 11 is 6.10. The summed E-state index contributed by atoms with van der Waals surface area (Å²) in [7, 11) is 0. The number of rotatable bonds is 9. The van der Waals surface area contributed by atoms with Crippen LogP contribution in [0.15, 0.2) is 30.6 Å². The summed E-state index contributed by atoms with van der Waals surface area (Å²) < 4.78 is 0. The van der Waals surface area contributed by atoms with Gasteiger partial charge < -0.3 is 14.8 Å². The van der Waals surface area contributed by atoms with Crippen molar-refractivity contribution in [3.05, 3.63) is 52.4 Å². The van der Waals surface area contributed by atoms with Crippen molar-refractivity contribution in [3.63, 3.8) is 0 Å². The number of carbonyl (C=O) groups is 1. The predicted molar refractivity (Wildman–Crippen MR) is 135 cm³/mol. The van der Waals surface area contributed by atoms with Gasteiger partial charge in [-0.2, -0.15) is 0 Å². The smallest absolute Gasteiger partial charge is 0.135 e. The fraction of sp³-hybridized carbons (Fsp3) is 0.577. The molecule has 7 nitrogen and oxygen atoms in total. The molecule has 1 saturated heterocycles. The molecule has 0 spiro atoms. The van der Waals surface area contributed by atoms with E-state index in [1.165, 1.54) is 0 Å². The number of aldehydes is 1. The van der Waals surface area contributed by atoms with Gasteiger partial charge in [0.05, 0.1) is 23.9 Å². The second-order valence-electron chi connectivity index (χ2n) is 9.51. The average molecular weight is 486 g/mol. The molecule has 0 radical (unpaired) electrons. The fourth-order valence-electron chi connectivity index (χ4n) is 5.39. The van der Waals surface area contributed by atoms with Gasteiger partial charge in [0.2, 0.25) is 0 Å². The van der Waals surface area contributed by atoms with Gasteiger partial charge in [0.15, 0.2) is 0 Å². The molecule has 2 aromatic rings. The quantitative estimate of drug-likeness (QED) is 0.521. The highest BCUT2D eigenvalue weighted by molar-refractivity contribution is 6.30. The van der Waals surface area contributed by atoms with Gasteiger partial charge in [0.1, 0.15) is 18.4 Å². The molecule has 0 bridgehead atoms. The van der Waals surface area contributed by atoms with Gasteiger partial charge in [0.25, 0.3) is 0 Å². The Hall–Kier alpha value is -2.06. The Morgan fingerprint density at radius 2 is 1.82 bits per heavy atom. The number of halogens is 1. The number of nitrogens with one attached hydrogen (secondary N) is 1. The Morgan fingerprint density at radius 3 is 2.44 bits per heavy atom. The van der Waals surface area contributed by atoms with E-state index in [1.807, 2.05) is 24.3 Å². The minimum atomic E-state index is -0.505. The Labute approximate surface area is 207 Å². The van der Waals surface area contributed by atoms with E-state index in [-0.39, 0.29) is 18.0 Å². The van der Waals surface area contributed by atoms with Crippen LogP contribution in [-0.4, -0.2) is 64.6 Å². The van der Waals surface area contributed by atoms with Gasteiger partial charge in [-0.05, 0) is 42.9 Å². The number of aliphatic hydroxyl groups is 1. The Balaban J connectivity index is 1.54. The number of hydrogen-bond acceptors (Lipinski definition) is 7. The van der Waals surface area contributed by atoms with Crippen molar-refractivity contribution >= 4 is 23.7 Å². The second-order valence-corrected chi connectivity index (χ2v) is 9.95. The van der Waals surface area contributed by atoms with Gasteiger partial charge in [-0.3, -0.25) is 10.2 Å². The maximum Gasteiger partial charge on any atom is 0.135 e. The molecule has 2 unspecified atom stereocenters. The zero-order valence-corrected chi connectivity index (χ0v) is 21.1. The van der Waals surface area contributed by atoms with E-state index in [0.717, 1.165) is 67.9 Å². The molecule has 0 saturated carbocycles. The van der Waals surface area contributed by atoms with E-state index in [2.05, 4.69) is 45.9 Å². The summed E-state index contributed by atoms with van der Waals surface area (Å²) in [5, 5.41) is 14.8.